The molecule has 1 aliphatic rings. The molecule has 1 fully saturated rings. The number of hydrogen-bond acceptors (Lipinski definition) is 3. The molecule has 3 nitrogen and oxygen atoms in total. The Morgan fingerprint density at radius 1 is 1.28 bits per heavy atom. The standard InChI is InChI=1S/C15H33N3/c1-6-18(7-2)13-8-10-17(12-13)11-9-14(16)15(3,4)5/h13-14H,6-12,16H2,1-5H3. The summed E-state index contributed by atoms with van der Waals surface area (Å²) in [6, 6.07) is 1.08. The van der Waals surface area contributed by atoms with Gasteiger partial charge >= 0.3 is 0 Å². The maximum Gasteiger partial charge on any atom is 0.0235 e. The van der Waals surface area contributed by atoms with E-state index < -0.39 is 0 Å². The Bertz CT molecular complexity index is 230. The number of rotatable bonds is 6. The van der Waals surface area contributed by atoms with Crippen LogP contribution < -0.4 is 5.73 Å². The third-order valence-corrected chi connectivity index (χ3v) is 4.44. The smallest absolute Gasteiger partial charge is 0.0235 e. The van der Waals surface area contributed by atoms with Crippen LogP contribution in [0.2, 0.25) is 0 Å². The van der Waals surface area contributed by atoms with Gasteiger partial charge < -0.3 is 10.6 Å². The van der Waals surface area contributed by atoms with Crippen LogP contribution in [0, 0.1) is 5.41 Å². The fourth-order valence-electron chi connectivity index (χ4n) is 2.81. The zero-order valence-corrected chi connectivity index (χ0v) is 13.1. The lowest BCUT2D eigenvalue weighted by Gasteiger charge is -2.29. The number of likely N-dealkylation sites (N-methyl/N-ethyl adjacent to an activating group) is 1. The van der Waals surface area contributed by atoms with Crippen LogP contribution in [0.1, 0.15) is 47.5 Å². The van der Waals surface area contributed by atoms with Crippen molar-refractivity contribution >= 4 is 0 Å². The highest BCUT2D eigenvalue weighted by atomic mass is 15.2. The summed E-state index contributed by atoms with van der Waals surface area (Å²) in [6.45, 7) is 17.2. The summed E-state index contributed by atoms with van der Waals surface area (Å²) in [5.41, 5.74) is 6.47. The molecule has 18 heavy (non-hydrogen) atoms. The highest BCUT2D eigenvalue weighted by Gasteiger charge is 2.27. The van der Waals surface area contributed by atoms with Gasteiger partial charge in [0.25, 0.3) is 0 Å². The lowest BCUT2D eigenvalue weighted by atomic mass is 9.85. The first-order chi connectivity index (χ1) is 8.38. The lowest BCUT2D eigenvalue weighted by Crippen LogP contribution is -2.40. The average molecular weight is 255 g/mol. The molecular formula is C15H33N3. The van der Waals surface area contributed by atoms with Gasteiger partial charge in [-0.15, -0.1) is 0 Å². The van der Waals surface area contributed by atoms with E-state index in [2.05, 4.69) is 44.4 Å². The van der Waals surface area contributed by atoms with Crippen molar-refractivity contribution < 1.29 is 0 Å². The fourth-order valence-corrected chi connectivity index (χ4v) is 2.81. The number of nitrogens with zero attached hydrogens (tertiary/aromatic N) is 2. The van der Waals surface area contributed by atoms with E-state index >= 15 is 0 Å². The van der Waals surface area contributed by atoms with Crippen LogP contribution >= 0.6 is 0 Å². The van der Waals surface area contributed by atoms with Crippen molar-refractivity contribution in [2.75, 3.05) is 32.7 Å². The molecule has 1 aliphatic heterocycles. The second-order valence-corrected chi connectivity index (χ2v) is 6.73. The molecule has 2 unspecified atom stereocenters. The summed E-state index contributed by atoms with van der Waals surface area (Å²) in [7, 11) is 0. The van der Waals surface area contributed by atoms with E-state index in [0.29, 0.717) is 6.04 Å². The first kappa shape index (κ1) is 15.9. The Kier molecular flexibility index (Phi) is 6.09. The molecule has 2 atom stereocenters. The van der Waals surface area contributed by atoms with Gasteiger partial charge in [0.2, 0.25) is 0 Å². The van der Waals surface area contributed by atoms with Gasteiger partial charge in [0.15, 0.2) is 0 Å². The normalized spacial score (nSPS) is 23.8. The van der Waals surface area contributed by atoms with Crippen molar-refractivity contribution in [3.05, 3.63) is 0 Å². The van der Waals surface area contributed by atoms with Crippen molar-refractivity contribution in [3.8, 4) is 0 Å². The van der Waals surface area contributed by atoms with Crippen molar-refractivity contribution in [3.63, 3.8) is 0 Å². The third-order valence-electron chi connectivity index (χ3n) is 4.44. The molecule has 0 radical (unpaired) electrons. The Morgan fingerprint density at radius 3 is 2.39 bits per heavy atom. The summed E-state index contributed by atoms with van der Waals surface area (Å²) >= 11 is 0. The molecule has 0 amide bonds. The van der Waals surface area contributed by atoms with Crippen LogP contribution in [0.15, 0.2) is 0 Å². The minimum Gasteiger partial charge on any atom is -0.327 e. The predicted octanol–water partition coefficient (Wildman–Crippen LogP) is 2.17. The van der Waals surface area contributed by atoms with Crippen molar-refractivity contribution in [2.24, 2.45) is 11.1 Å². The van der Waals surface area contributed by atoms with Gasteiger partial charge in [-0.05, 0) is 44.4 Å². The van der Waals surface area contributed by atoms with Crippen LogP contribution in [0.4, 0.5) is 0 Å². The summed E-state index contributed by atoms with van der Waals surface area (Å²) in [6.07, 6.45) is 2.45. The molecule has 0 aromatic rings. The SMILES string of the molecule is CCN(CC)C1CCN(CCC(N)C(C)(C)C)C1. The van der Waals surface area contributed by atoms with Gasteiger partial charge in [0, 0.05) is 18.6 Å². The van der Waals surface area contributed by atoms with Gasteiger partial charge in [-0.1, -0.05) is 34.6 Å². The van der Waals surface area contributed by atoms with E-state index in [9.17, 15) is 0 Å². The quantitative estimate of drug-likeness (QED) is 0.789. The first-order valence-corrected chi connectivity index (χ1v) is 7.60. The van der Waals surface area contributed by atoms with E-state index in [4.69, 9.17) is 5.73 Å². The summed E-state index contributed by atoms with van der Waals surface area (Å²) in [5, 5.41) is 0. The van der Waals surface area contributed by atoms with E-state index in [0.717, 1.165) is 19.0 Å². The van der Waals surface area contributed by atoms with E-state index in [-0.39, 0.29) is 5.41 Å². The Balaban J connectivity index is 2.31. The minimum absolute atomic E-state index is 0.234. The van der Waals surface area contributed by atoms with Gasteiger partial charge in [-0.2, -0.15) is 0 Å². The summed E-state index contributed by atoms with van der Waals surface area (Å²) < 4.78 is 0. The monoisotopic (exact) mass is 255 g/mol. The molecule has 1 saturated heterocycles. The van der Waals surface area contributed by atoms with Crippen LogP contribution in [0.3, 0.4) is 0 Å². The second-order valence-electron chi connectivity index (χ2n) is 6.73. The van der Waals surface area contributed by atoms with Crippen LogP contribution in [-0.2, 0) is 0 Å². The van der Waals surface area contributed by atoms with Crippen LogP contribution in [-0.4, -0.2) is 54.6 Å². The Morgan fingerprint density at radius 2 is 1.89 bits per heavy atom. The van der Waals surface area contributed by atoms with Gasteiger partial charge in [-0.3, -0.25) is 4.90 Å². The third kappa shape index (κ3) is 4.52. The van der Waals surface area contributed by atoms with E-state index in [1.54, 1.807) is 0 Å². The number of nitrogens with two attached hydrogens (primary N) is 1. The highest BCUT2D eigenvalue weighted by molar-refractivity contribution is 4.84. The molecule has 108 valence electrons. The molecule has 2 N–H and O–H groups in total. The average Bonchev–Trinajstić information content (AvgIpc) is 2.75. The Labute approximate surface area is 114 Å². The lowest BCUT2D eigenvalue weighted by molar-refractivity contribution is 0.203. The molecule has 1 rings (SSSR count). The minimum atomic E-state index is 0.234. The maximum atomic E-state index is 6.24. The van der Waals surface area contributed by atoms with E-state index in [1.807, 2.05) is 0 Å². The maximum absolute atomic E-state index is 6.24. The van der Waals surface area contributed by atoms with Crippen molar-refractivity contribution in [1.29, 1.82) is 0 Å². The van der Waals surface area contributed by atoms with Gasteiger partial charge in [0.1, 0.15) is 0 Å². The largest absolute Gasteiger partial charge is 0.327 e. The second kappa shape index (κ2) is 6.88. The predicted molar refractivity (Wildman–Crippen MR) is 79.8 cm³/mol. The van der Waals surface area contributed by atoms with Crippen LogP contribution in [0.5, 0.6) is 0 Å². The molecule has 0 bridgehead atoms. The van der Waals surface area contributed by atoms with Crippen molar-refractivity contribution in [1.82, 2.24) is 9.80 Å². The van der Waals surface area contributed by atoms with Gasteiger partial charge in [-0.25, -0.2) is 0 Å². The molecule has 0 aromatic carbocycles. The zero-order chi connectivity index (χ0) is 13.8. The highest BCUT2D eigenvalue weighted by Crippen LogP contribution is 2.21. The van der Waals surface area contributed by atoms with E-state index in [1.165, 1.54) is 32.6 Å². The molecule has 0 saturated carbocycles. The number of hydrogen-bond donors (Lipinski definition) is 1. The molecule has 0 spiro atoms. The van der Waals surface area contributed by atoms with Gasteiger partial charge in [0.05, 0.1) is 0 Å². The number of likely N-dealkylation sites (tertiary alicyclic amines) is 1. The molecule has 0 aliphatic carbocycles. The topological polar surface area (TPSA) is 32.5 Å². The molecule has 0 aromatic heterocycles. The fraction of sp³-hybridized carbons (Fsp3) is 1.00. The Hall–Kier alpha value is -0.120. The van der Waals surface area contributed by atoms with Crippen molar-refractivity contribution in [2.45, 2.75) is 59.5 Å². The van der Waals surface area contributed by atoms with Crippen LogP contribution in [0.25, 0.3) is 0 Å². The molecule has 1 heterocycles. The molecule has 3 heteroatoms. The summed E-state index contributed by atoms with van der Waals surface area (Å²) in [5.74, 6) is 0. The zero-order valence-electron chi connectivity index (χ0n) is 13.1. The summed E-state index contributed by atoms with van der Waals surface area (Å²) in [4.78, 5) is 5.18. The first-order valence-electron chi connectivity index (χ1n) is 7.60. The molecular weight excluding hydrogens is 222 g/mol.